The number of aliphatic hydroxyl groups is 1. The molecule has 2 rings (SSSR count). The number of hydrogen-bond donors (Lipinski definition) is 4. The van der Waals surface area contributed by atoms with Gasteiger partial charge in [0.15, 0.2) is 5.88 Å². The van der Waals surface area contributed by atoms with Gasteiger partial charge in [0.2, 0.25) is 0 Å². The zero-order valence-corrected chi connectivity index (χ0v) is 9.85. The zero-order chi connectivity index (χ0) is 13.1. The highest BCUT2D eigenvalue weighted by Gasteiger charge is 2.25. The number of aromatic hydroxyl groups is 1. The maximum atomic E-state index is 11.8. The second-order valence-corrected chi connectivity index (χ2v) is 4.59. The molecule has 1 saturated carbocycles. The van der Waals surface area contributed by atoms with E-state index in [0.29, 0.717) is 6.54 Å². The third kappa shape index (κ3) is 2.89. The quantitative estimate of drug-likeness (QED) is 0.606. The van der Waals surface area contributed by atoms with Crippen LogP contribution in [0.15, 0.2) is 16.9 Å². The molecule has 2 atom stereocenters. The highest BCUT2D eigenvalue weighted by Crippen LogP contribution is 2.24. The van der Waals surface area contributed by atoms with E-state index in [9.17, 15) is 19.8 Å². The second-order valence-electron chi connectivity index (χ2n) is 4.59. The van der Waals surface area contributed by atoms with E-state index in [4.69, 9.17) is 0 Å². The van der Waals surface area contributed by atoms with Crippen LogP contribution in [0.3, 0.4) is 0 Å². The summed E-state index contributed by atoms with van der Waals surface area (Å²) in [5.74, 6) is -0.686. The largest absolute Gasteiger partial charge is 0.494 e. The summed E-state index contributed by atoms with van der Waals surface area (Å²) in [6.45, 7) is 0.383. The molecular weight excluding hydrogens is 236 g/mol. The summed E-state index contributed by atoms with van der Waals surface area (Å²) in [5.41, 5.74) is -0.412. The summed E-state index contributed by atoms with van der Waals surface area (Å²) in [4.78, 5) is 25.0. The fourth-order valence-electron chi connectivity index (χ4n) is 2.24. The summed E-state index contributed by atoms with van der Waals surface area (Å²) >= 11 is 0. The van der Waals surface area contributed by atoms with Gasteiger partial charge in [0.05, 0.1) is 11.7 Å². The van der Waals surface area contributed by atoms with Crippen LogP contribution in [0.2, 0.25) is 0 Å². The van der Waals surface area contributed by atoms with Crippen molar-refractivity contribution in [3.8, 4) is 5.88 Å². The Morgan fingerprint density at radius 3 is 2.83 bits per heavy atom. The first kappa shape index (κ1) is 12.6. The SMILES string of the molecule is O=C(NCC1CCCC1O)c1cc(O)[nH]c(=O)c1. The van der Waals surface area contributed by atoms with Crippen molar-refractivity contribution >= 4 is 5.91 Å². The van der Waals surface area contributed by atoms with Gasteiger partial charge in [-0.1, -0.05) is 6.42 Å². The smallest absolute Gasteiger partial charge is 0.251 e. The lowest BCUT2D eigenvalue weighted by Gasteiger charge is -2.14. The van der Waals surface area contributed by atoms with Gasteiger partial charge in [-0.2, -0.15) is 0 Å². The van der Waals surface area contributed by atoms with Crippen LogP contribution in [0.5, 0.6) is 5.88 Å². The van der Waals surface area contributed by atoms with Gasteiger partial charge in [0, 0.05) is 24.6 Å². The minimum absolute atomic E-state index is 0.0737. The number of carbonyl (C=O) groups excluding carboxylic acids is 1. The zero-order valence-electron chi connectivity index (χ0n) is 9.85. The first-order valence-corrected chi connectivity index (χ1v) is 5.96. The van der Waals surface area contributed by atoms with Crippen LogP contribution in [-0.4, -0.2) is 33.8 Å². The summed E-state index contributed by atoms with van der Waals surface area (Å²) in [6.07, 6.45) is 2.26. The summed E-state index contributed by atoms with van der Waals surface area (Å²) in [6, 6.07) is 2.32. The fraction of sp³-hybridized carbons (Fsp3) is 0.500. The van der Waals surface area contributed by atoms with E-state index in [1.54, 1.807) is 0 Å². The number of H-pyrrole nitrogens is 1. The molecule has 1 aliphatic rings. The average molecular weight is 252 g/mol. The summed E-state index contributed by atoms with van der Waals surface area (Å²) in [5, 5.41) is 21.5. The maximum absolute atomic E-state index is 11.8. The van der Waals surface area contributed by atoms with Gasteiger partial charge in [-0.25, -0.2) is 0 Å². The van der Waals surface area contributed by atoms with Gasteiger partial charge in [0.25, 0.3) is 11.5 Å². The van der Waals surface area contributed by atoms with E-state index in [1.807, 2.05) is 0 Å². The Kier molecular flexibility index (Phi) is 3.66. The molecule has 2 unspecified atom stereocenters. The van der Waals surface area contributed by atoms with Gasteiger partial charge in [-0.3, -0.25) is 14.6 Å². The minimum atomic E-state index is -0.527. The van der Waals surface area contributed by atoms with E-state index in [0.717, 1.165) is 25.3 Å². The molecule has 98 valence electrons. The fourth-order valence-corrected chi connectivity index (χ4v) is 2.24. The van der Waals surface area contributed by atoms with Gasteiger partial charge >= 0.3 is 0 Å². The topological polar surface area (TPSA) is 102 Å². The van der Waals surface area contributed by atoms with Crippen molar-refractivity contribution in [2.24, 2.45) is 5.92 Å². The molecule has 6 nitrogen and oxygen atoms in total. The number of carbonyl (C=O) groups is 1. The molecular formula is C12H16N2O4. The van der Waals surface area contributed by atoms with Gasteiger partial charge in [-0.05, 0) is 12.8 Å². The molecule has 1 aliphatic carbocycles. The van der Waals surface area contributed by atoms with Crippen LogP contribution in [-0.2, 0) is 0 Å². The molecule has 6 heteroatoms. The number of rotatable bonds is 3. The Morgan fingerprint density at radius 1 is 1.44 bits per heavy atom. The van der Waals surface area contributed by atoms with Crippen LogP contribution in [0.25, 0.3) is 0 Å². The highest BCUT2D eigenvalue weighted by molar-refractivity contribution is 5.94. The number of nitrogens with one attached hydrogen (secondary N) is 2. The number of pyridine rings is 1. The van der Waals surface area contributed by atoms with Crippen LogP contribution in [0.1, 0.15) is 29.6 Å². The lowest BCUT2D eigenvalue weighted by Crippen LogP contribution is -2.32. The lowest BCUT2D eigenvalue weighted by atomic mass is 10.1. The molecule has 0 bridgehead atoms. The van der Waals surface area contributed by atoms with Crippen molar-refractivity contribution in [2.75, 3.05) is 6.54 Å². The average Bonchev–Trinajstić information content (AvgIpc) is 2.70. The molecule has 0 aliphatic heterocycles. The number of aromatic amines is 1. The Morgan fingerprint density at radius 2 is 2.22 bits per heavy atom. The van der Waals surface area contributed by atoms with Gasteiger partial charge < -0.3 is 15.5 Å². The van der Waals surface area contributed by atoms with E-state index < -0.39 is 11.5 Å². The number of hydrogen-bond acceptors (Lipinski definition) is 4. The van der Waals surface area contributed by atoms with Crippen LogP contribution in [0, 0.1) is 5.92 Å². The van der Waals surface area contributed by atoms with Crippen molar-refractivity contribution in [1.82, 2.24) is 10.3 Å². The third-order valence-corrected chi connectivity index (χ3v) is 3.24. The predicted octanol–water partition coefficient (Wildman–Crippen LogP) is -0.0287. The third-order valence-electron chi connectivity index (χ3n) is 3.24. The number of aliphatic hydroxyl groups excluding tert-OH is 1. The standard InChI is InChI=1S/C12H16N2O4/c15-9-3-1-2-7(9)6-13-12(18)8-4-10(16)14-11(17)5-8/h4-5,7,9,15H,1-3,6H2,(H,13,18)(H2,14,16,17). The van der Waals surface area contributed by atoms with E-state index in [2.05, 4.69) is 10.3 Å². The molecule has 18 heavy (non-hydrogen) atoms. The van der Waals surface area contributed by atoms with E-state index >= 15 is 0 Å². The molecule has 0 aromatic carbocycles. The first-order valence-electron chi connectivity index (χ1n) is 5.96. The number of amides is 1. The summed E-state index contributed by atoms with van der Waals surface area (Å²) < 4.78 is 0. The van der Waals surface area contributed by atoms with Crippen molar-refractivity contribution in [2.45, 2.75) is 25.4 Å². The van der Waals surface area contributed by atoms with Gasteiger partial charge in [0.1, 0.15) is 0 Å². The number of aromatic nitrogens is 1. The molecule has 1 fully saturated rings. The Bertz CT molecular complexity index is 497. The molecule has 4 N–H and O–H groups in total. The Hall–Kier alpha value is -1.82. The minimum Gasteiger partial charge on any atom is -0.494 e. The van der Waals surface area contributed by atoms with E-state index in [-0.39, 0.29) is 23.5 Å². The normalized spacial score (nSPS) is 22.9. The Balaban J connectivity index is 1.97. The summed E-state index contributed by atoms with van der Waals surface area (Å²) in [7, 11) is 0. The van der Waals surface area contributed by atoms with Crippen LogP contribution >= 0.6 is 0 Å². The monoisotopic (exact) mass is 252 g/mol. The van der Waals surface area contributed by atoms with Crippen LogP contribution < -0.4 is 10.9 Å². The molecule has 0 radical (unpaired) electrons. The lowest BCUT2D eigenvalue weighted by molar-refractivity contribution is 0.0916. The molecule has 1 aromatic heterocycles. The van der Waals surface area contributed by atoms with Gasteiger partial charge in [-0.15, -0.1) is 0 Å². The predicted molar refractivity (Wildman–Crippen MR) is 64.4 cm³/mol. The highest BCUT2D eigenvalue weighted by atomic mass is 16.3. The Labute approximate surface area is 104 Å². The first-order chi connectivity index (χ1) is 8.56. The van der Waals surface area contributed by atoms with E-state index in [1.165, 1.54) is 6.07 Å². The maximum Gasteiger partial charge on any atom is 0.251 e. The van der Waals surface area contributed by atoms with Crippen molar-refractivity contribution in [3.05, 3.63) is 28.0 Å². The van der Waals surface area contributed by atoms with Crippen molar-refractivity contribution in [3.63, 3.8) is 0 Å². The van der Waals surface area contributed by atoms with Crippen LogP contribution in [0.4, 0.5) is 0 Å². The molecule has 1 heterocycles. The van der Waals surface area contributed by atoms with Crippen molar-refractivity contribution in [1.29, 1.82) is 0 Å². The molecule has 0 spiro atoms. The second kappa shape index (κ2) is 5.22. The molecule has 0 saturated heterocycles. The molecule has 1 amide bonds. The molecule has 1 aromatic rings. The van der Waals surface area contributed by atoms with Crippen molar-refractivity contribution < 1.29 is 15.0 Å².